The number of aliphatic hydroxyl groups excluding tert-OH is 1. The summed E-state index contributed by atoms with van der Waals surface area (Å²) in [5.74, 6) is -0.482. The van der Waals surface area contributed by atoms with Gasteiger partial charge in [-0.1, -0.05) is 6.58 Å². The molecule has 0 spiro atoms. The Balaban J connectivity index is 3.52. The van der Waals surface area contributed by atoms with Gasteiger partial charge in [0.15, 0.2) is 0 Å². The Hall–Kier alpha value is -0.870. The number of aliphatic hydroxyl groups is 1. The first-order valence-electron chi connectivity index (χ1n) is 2.93. The van der Waals surface area contributed by atoms with Gasteiger partial charge in [-0.05, 0) is 6.92 Å². The van der Waals surface area contributed by atoms with Crippen molar-refractivity contribution in [3.8, 4) is 0 Å². The summed E-state index contributed by atoms with van der Waals surface area (Å²) >= 11 is 0. The Morgan fingerprint density at radius 3 is 2.80 bits per heavy atom. The summed E-state index contributed by atoms with van der Waals surface area (Å²) < 4.78 is 0. The summed E-state index contributed by atoms with van der Waals surface area (Å²) in [7, 11) is 0. The molecular weight excluding hydrogens is 134 g/mol. The van der Waals surface area contributed by atoms with Crippen LogP contribution in [-0.2, 0) is 9.63 Å². The highest BCUT2D eigenvalue weighted by Crippen LogP contribution is 1.85. The predicted molar refractivity (Wildman–Crippen MR) is 36.0 cm³/mol. The predicted octanol–water partition coefficient (Wildman–Crippen LogP) is -0.397. The van der Waals surface area contributed by atoms with Crippen LogP contribution in [0.2, 0.25) is 0 Å². The Kier molecular flexibility index (Phi) is 4.53. The molecule has 58 valence electrons. The van der Waals surface area contributed by atoms with Crippen LogP contribution < -0.4 is 5.48 Å². The van der Waals surface area contributed by atoms with Gasteiger partial charge in [0.2, 0.25) is 0 Å². The molecule has 0 aliphatic rings. The quantitative estimate of drug-likeness (QED) is 0.418. The van der Waals surface area contributed by atoms with Crippen molar-refractivity contribution in [1.82, 2.24) is 5.48 Å². The van der Waals surface area contributed by atoms with Crippen molar-refractivity contribution in [1.29, 1.82) is 0 Å². The van der Waals surface area contributed by atoms with Crippen molar-refractivity contribution in [2.24, 2.45) is 0 Å². The van der Waals surface area contributed by atoms with Gasteiger partial charge in [0.25, 0.3) is 5.91 Å². The lowest BCUT2D eigenvalue weighted by molar-refractivity contribution is -0.129. The van der Waals surface area contributed by atoms with Gasteiger partial charge < -0.3 is 5.11 Å². The van der Waals surface area contributed by atoms with Crippen LogP contribution in [0.1, 0.15) is 6.92 Å². The van der Waals surface area contributed by atoms with E-state index in [1.54, 1.807) is 6.92 Å². The van der Waals surface area contributed by atoms with Crippen LogP contribution in [0.15, 0.2) is 12.2 Å². The van der Waals surface area contributed by atoms with E-state index in [2.05, 4.69) is 16.9 Å². The maximum Gasteiger partial charge on any atom is 0.272 e. The van der Waals surface area contributed by atoms with E-state index in [1.807, 2.05) is 0 Å². The zero-order valence-corrected chi connectivity index (χ0v) is 5.89. The van der Waals surface area contributed by atoms with Crippen LogP contribution in [0.5, 0.6) is 0 Å². The Morgan fingerprint density at radius 2 is 2.40 bits per heavy atom. The second-order valence-corrected chi connectivity index (χ2v) is 1.63. The number of carbonyl (C=O) groups is 1. The summed E-state index contributed by atoms with van der Waals surface area (Å²) in [5, 5.41) is 8.39. The van der Waals surface area contributed by atoms with E-state index in [1.165, 1.54) is 0 Å². The molecule has 0 aromatic rings. The first-order valence-corrected chi connectivity index (χ1v) is 2.93. The lowest BCUT2D eigenvalue weighted by Crippen LogP contribution is -2.25. The first kappa shape index (κ1) is 9.13. The third-order valence-electron chi connectivity index (χ3n) is 0.821. The minimum atomic E-state index is -0.482. The van der Waals surface area contributed by atoms with Gasteiger partial charge in [-0.15, -0.1) is 0 Å². The third-order valence-corrected chi connectivity index (χ3v) is 0.821. The second kappa shape index (κ2) is 4.96. The standard InChI is InChI=1S/C6H11NO3/c1-3-10-7-6(9)5(2)4-8/h8H,2-4H2,1H3,(H,7,9). The fourth-order valence-corrected chi connectivity index (χ4v) is 0.282. The summed E-state index contributed by atoms with van der Waals surface area (Å²) in [5.41, 5.74) is 2.18. The average Bonchev–Trinajstić information content (AvgIpc) is 1.98. The van der Waals surface area contributed by atoms with Crippen LogP contribution in [0, 0.1) is 0 Å². The maximum atomic E-state index is 10.6. The van der Waals surface area contributed by atoms with Crippen molar-refractivity contribution in [3.63, 3.8) is 0 Å². The fourth-order valence-electron chi connectivity index (χ4n) is 0.282. The van der Waals surface area contributed by atoms with E-state index in [0.29, 0.717) is 6.61 Å². The molecule has 0 unspecified atom stereocenters. The SMILES string of the molecule is C=C(CO)C(=O)NOCC. The average molecular weight is 145 g/mol. The monoisotopic (exact) mass is 145 g/mol. The highest BCUT2D eigenvalue weighted by Gasteiger charge is 2.02. The number of carbonyl (C=O) groups excluding carboxylic acids is 1. The van der Waals surface area contributed by atoms with Crippen molar-refractivity contribution in [3.05, 3.63) is 12.2 Å². The van der Waals surface area contributed by atoms with Crippen molar-refractivity contribution in [2.45, 2.75) is 6.92 Å². The molecule has 0 aliphatic carbocycles. The molecule has 4 heteroatoms. The molecule has 1 amide bonds. The Bertz CT molecular complexity index is 133. The molecule has 0 rings (SSSR count). The van der Waals surface area contributed by atoms with E-state index < -0.39 is 5.91 Å². The third kappa shape index (κ3) is 3.21. The summed E-state index contributed by atoms with van der Waals surface area (Å²) in [6.45, 7) is 5.07. The molecule has 0 atom stereocenters. The van der Waals surface area contributed by atoms with Gasteiger partial charge in [-0.3, -0.25) is 9.63 Å². The normalized spacial score (nSPS) is 9.00. The highest BCUT2D eigenvalue weighted by molar-refractivity contribution is 5.92. The van der Waals surface area contributed by atoms with Crippen LogP contribution in [0.4, 0.5) is 0 Å². The lowest BCUT2D eigenvalue weighted by atomic mass is 10.3. The molecule has 0 radical (unpaired) electrons. The first-order chi connectivity index (χ1) is 4.72. The minimum absolute atomic E-state index is 0.0912. The summed E-state index contributed by atoms with van der Waals surface area (Å²) in [6, 6.07) is 0. The summed E-state index contributed by atoms with van der Waals surface area (Å²) in [4.78, 5) is 15.2. The smallest absolute Gasteiger partial charge is 0.272 e. The molecular formula is C6H11NO3. The van der Waals surface area contributed by atoms with Crippen LogP contribution in [0.25, 0.3) is 0 Å². The van der Waals surface area contributed by atoms with E-state index in [4.69, 9.17) is 5.11 Å². The molecule has 0 saturated heterocycles. The molecule has 0 aromatic heterocycles. The highest BCUT2D eigenvalue weighted by atomic mass is 16.6. The van der Waals surface area contributed by atoms with Crippen molar-refractivity contribution >= 4 is 5.91 Å². The van der Waals surface area contributed by atoms with E-state index >= 15 is 0 Å². The van der Waals surface area contributed by atoms with Crippen molar-refractivity contribution in [2.75, 3.05) is 13.2 Å². The Morgan fingerprint density at radius 1 is 1.80 bits per heavy atom. The van der Waals surface area contributed by atoms with Crippen LogP contribution >= 0.6 is 0 Å². The number of rotatable bonds is 4. The van der Waals surface area contributed by atoms with E-state index in [0.717, 1.165) is 0 Å². The van der Waals surface area contributed by atoms with Crippen LogP contribution in [-0.4, -0.2) is 24.2 Å². The topological polar surface area (TPSA) is 58.6 Å². The molecule has 0 bridgehead atoms. The largest absolute Gasteiger partial charge is 0.391 e. The molecule has 4 nitrogen and oxygen atoms in total. The van der Waals surface area contributed by atoms with Gasteiger partial charge >= 0.3 is 0 Å². The number of nitrogens with one attached hydrogen (secondary N) is 1. The van der Waals surface area contributed by atoms with E-state index in [-0.39, 0.29) is 12.2 Å². The van der Waals surface area contributed by atoms with Gasteiger partial charge in [0, 0.05) is 5.57 Å². The minimum Gasteiger partial charge on any atom is -0.391 e. The maximum absolute atomic E-state index is 10.6. The Labute approximate surface area is 59.4 Å². The van der Waals surface area contributed by atoms with Crippen molar-refractivity contribution < 1.29 is 14.7 Å². The molecule has 2 N–H and O–H groups in total. The molecule has 0 fully saturated rings. The number of hydrogen-bond acceptors (Lipinski definition) is 3. The molecule has 0 heterocycles. The molecule has 0 aromatic carbocycles. The lowest BCUT2D eigenvalue weighted by Gasteiger charge is -2.02. The summed E-state index contributed by atoms with van der Waals surface area (Å²) in [6.07, 6.45) is 0. The zero-order valence-electron chi connectivity index (χ0n) is 5.89. The van der Waals surface area contributed by atoms with Crippen LogP contribution in [0.3, 0.4) is 0 Å². The number of amides is 1. The van der Waals surface area contributed by atoms with Gasteiger partial charge in [0.05, 0.1) is 13.2 Å². The van der Waals surface area contributed by atoms with Gasteiger partial charge in [-0.2, -0.15) is 0 Å². The van der Waals surface area contributed by atoms with E-state index in [9.17, 15) is 4.79 Å². The zero-order chi connectivity index (χ0) is 7.98. The van der Waals surface area contributed by atoms with Gasteiger partial charge in [-0.25, -0.2) is 5.48 Å². The number of hydrogen-bond donors (Lipinski definition) is 2. The molecule has 0 aliphatic heterocycles. The second-order valence-electron chi connectivity index (χ2n) is 1.63. The fraction of sp³-hybridized carbons (Fsp3) is 0.500. The number of hydroxylamine groups is 1. The van der Waals surface area contributed by atoms with Gasteiger partial charge in [0.1, 0.15) is 0 Å². The molecule has 10 heavy (non-hydrogen) atoms. The molecule has 0 saturated carbocycles.